The van der Waals surface area contributed by atoms with Crippen LogP contribution in [0.3, 0.4) is 0 Å². The molecule has 3 amide bonds. The number of benzene rings is 2. The maximum atomic E-state index is 13.8. The molecule has 0 saturated carbocycles. The SMILES string of the molecule is COc1ccc(C[C@H](NC(=O)[C@H](C)NC(=O)CN2CCOCC2)C(=O)N[C@@H](Cc2ccccc2)C(=O)[C@@]2(C)CO2)cc1OC. The van der Waals surface area contributed by atoms with Crippen LogP contribution in [0.25, 0.3) is 0 Å². The normalized spacial score (nSPS) is 20.0. The van der Waals surface area contributed by atoms with E-state index in [4.69, 9.17) is 18.9 Å². The van der Waals surface area contributed by atoms with Crippen molar-refractivity contribution >= 4 is 23.5 Å². The summed E-state index contributed by atoms with van der Waals surface area (Å²) in [6.45, 7) is 6.04. The Morgan fingerprint density at radius 3 is 2.14 bits per heavy atom. The van der Waals surface area contributed by atoms with Crippen LogP contribution < -0.4 is 25.4 Å². The van der Waals surface area contributed by atoms with Gasteiger partial charge in [-0.3, -0.25) is 24.1 Å². The number of nitrogens with zero attached hydrogens (tertiary/aromatic N) is 1. The average Bonchev–Trinajstić information content (AvgIpc) is 3.78. The Bertz CT molecular complexity index is 1310. The number of Topliss-reactive ketones (excluding diaryl/α,β-unsaturated/α-hetero) is 1. The van der Waals surface area contributed by atoms with Crippen molar-refractivity contribution in [1.29, 1.82) is 0 Å². The molecule has 4 rings (SSSR count). The second-order valence-electron chi connectivity index (χ2n) is 11.3. The third kappa shape index (κ3) is 9.01. The van der Waals surface area contributed by atoms with Crippen molar-refractivity contribution in [3.8, 4) is 11.5 Å². The molecule has 0 bridgehead atoms. The largest absolute Gasteiger partial charge is 0.493 e. The van der Waals surface area contributed by atoms with Gasteiger partial charge in [-0.2, -0.15) is 0 Å². The highest BCUT2D eigenvalue weighted by Crippen LogP contribution is 2.30. The number of epoxide rings is 1. The number of amides is 3. The highest BCUT2D eigenvalue weighted by Gasteiger charge is 2.50. The Hall–Kier alpha value is -4.00. The summed E-state index contributed by atoms with van der Waals surface area (Å²) in [5.74, 6) is -0.640. The number of ketones is 1. The van der Waals surface area contributed by atoms with Crippen LogP contribution in [-0.2, 0) is 41.5 Å². The minimum atomic E-state index is -1.07. The fourth-order valence-corrected chi connectivity index (χ4v) is 5.01. The molecular weight excluding hydrogens is 568 g/mol. The van der Waals surface area contributed by atoms with Crippen LogP contribution >= 0.6 is 0 Å². The predicted octanol–water partition coefficient (Wildman–Crippen LogP) is 0.654. The van der Waals surface area contributed by atoms with Gasteiger partial charge in [0.15, 0.2) is 17.3 Å². The summed E-state index contributed by atoms with van der Waals surface area (Å²) in [5, 5.41) is 8.38. The van der Waals surface area contributed by atoms with Gasteiger partial charge in [-0.1, -0.05) is 36.4 Å². The van der Waals surface area contributed by atoms with Gasteiger partial charge in [0, 0.05) is 19.5 Å². The van der Waals surface area contributed by atoms with Crippen molar-refractivity contribution in [3.05, 3.63) is 59.7 Å². The van der Waals surface area contributed by atoms with E-state index in [1.807, 2.05) is 35.2 Å². The van der Waals surface area contributed by atoms with Gasteiger partial charge >= 0.3 is 0 Å². The summed E-state index contributed by atoms with van der Waals surface area (Å²) in [6, 6.07) is 11.7. The number of rotatable bonds is 15. The first-order valence-electron chi connectivity index (χ1n) is 14.7. The van der Waals surface area contributed by atoms with Crippen LogP contribution in [-0.4, -0.2) is 106 Å². The molecule has 2 aliphatic heterocycles. The summed E-state index contributed by atoms with van der Waals surface area (Å²) in [5.41, 5.74) is 0.594. The lowest BCUT2D eigenvalue weighted by atomic mass is 9.94. The van der Waals surface area contributed by atoms with Crippen LogP contribution in [0.2, 0.25) is 0 Å². The molecule has 0 aromatic heterocycles. The fourth-order valence-electron chi connectivity index (χ4n) is 5.01. The van der Waals surface area contributed by atoms with Gasteiger partial charge in [-0.25, -0.2) is 0 Å². The van der Waals surface area contributed by atoms with Crippen molar-refractivity contribution in [2.24, 2.45) is 0 Å². The standard InChI is InChI=1S/C32H42N4O8/c1-21(33-28(37)19-36-12-14-43-15-13-36)30(39)35-25(17-23-10-11-26(41-3)27(18-23)42-4)31(40)34-24(29(38)32(2)20-44-32)16-22-8-6-5-7-9-22/h5-11,18,21,24-25H,12-17,19-20H2,1-4H3,(H,33,37)(H,34,40)(H,35,39)/t21-,24-,25-,32+/m0/s1. The van der Waals surface area contributed by atoms with Gasteiger partial charge in [0.2, 0.25) is 17.7 Å². The summed E-state index contributed by atoms with van der Waals surface area (Å²) in [4.78, 5) is 55.1. The zero-order valence-corrected chi connectivity index (χ0v) is 25.7. The number of ether oxygens (including phenoxy) is 4. The number of hydrogen-bond donors (Lipinski definition) is 3. The molecule has 2 saturated heterocycles. The minimum Gasteiger partial charge on any atom is -0.493 e. The van der Waals surface area contributed by atoms with Gasteiger partial charge < -0.3 is 34.9 Å². The first-order chi connectivity index (χ1) is 21.1. The Morgan fingerprint density at radius 1 is 0.864 bits per heavy atom. The van der Waals surface area contributed by atoms with Crippen molar-refractivity contribution in [3.63, 3.8) is 0 Å². The van der Waals surface area contributed by atoms with E-state index in [-0.39, 0.29) is 37.7 Å². The molecule has 0 unspecified atom stereocenters. The molecule has 2 aromatic rings. The third-order valence-electron chi connectivity index (χ3n) is 7.78. The summed E-state index contributed by atoms with van der Waals surface area (Å²) >= 11 is 0. The average molecular weight is 611 g/mol. The molecule has 12 heteroatoms. The van der Waals surface area contributed by atoms with Crippen molar-refractivity contribution in [2.45, 2.75) is 50.4 Å². The molecule has 44 heavy (non-hydrogen) atoms. The number of nitrogens with one attached hydrogen (secondary N) is 3. The predicted molar refractivity (Wildman–Crippen MR) is 161 cm³/mol. The maximum Gasteiger partial charge on any atom is 0.243 e. The molecule has 3 N–H and O–H groups in total. The Morgan fingerprint density at radius 2 is 1.50 bits per heavy atom. The monoisotopic (exact) mass is 610 g/mol. The Kier molecular flexibility index (Phi) is 11.3. The summed E-state index contributed by atoms with van der Waals surface area (Å²) in [6.07, 6.45) is 0.349. The molecular formula is C32H42N4O8. The van der Waals surface area contributed by atoms with E-state index in [0.717, 1.165) is 5.56 Å². The van der Waals surface area contributed by atoms with E-state index in [2.05, 4.69) is 16.0 Å². The first kappa shape index (κ1) is 32.9. The highest BCUT2D eigenvalue weighted by atomic mass is 16.6. The number of methoxy groups -OCH3 is 2. The zero-order valence-electron chi connectivity index (χ0n) is 25.7. The van der Waals surface area contributed by atoms with E-state index in [9.17, 15) is 19.2 Å². The molecule has 4 atom stereocenters. The summed E-state index contributed by atoms with van der Waals surface area (Å²) in [7, 11) is 3.03. The van der Waals surface area contributed by atoms with E-state index in [1.165, 1.54) is 14.2 Å². The Balaban J connectivity index is 1.50. The fraction of sp³-hybridized carbons (Fsp3) is 0.500. The van der Waals surface area contributed by atoms with Crippen molar-refractivity contribution in [1.82, 2.24) is 20.9 Å². The second-order valence-corrected chi connectivity index (χ2v) is 11.3. The van der Waals surface area contributed by atoms with Crippen LogP contribution in [0.4, 0.5) is 0 Å². The number of carbonyl (C=O) groups excluding carboxylic acids is 4. The molecule has 12 nitrogen and oxygen atoms in total. The van der Waals surface area contributed by atoms with Crippen LogP contribution in [0.5, 0.6) is 11.5 Å². The van der Waals surface area contributed by atoms with E-state index in [0.29, 0.717) is 43.4 Å². The molecule has 2 aliphatic rings. The number of hydrogen-bond acceptors (Lipinski definition) is 9. The molecule has 0 aliphatic carbocycles. The Labute approximate surface area is 257 Å². The van der Waals surface area contributed by atoms with Crippen LogP contribution in [0.1, 0.15) is 25.0 Å². The lowest BCUT2D eigenvalue weighted by Gasteiger charge is -2.27. The van der Waals surface area contributed by atoms with E-state index in [1.54, 1.807) is 32.0 Å². The van der Waals surface area contributed by atoms with Gasteiger partial charge in [0.1, 0.15) is 17.7 Å². The lowest BCUT2D eigenvalue weighted by molar-refractivity contribution is -0.134. The van der Waals surface area contributed by atoms with Gasteiger partial charge in [-0.05, 0) is 43.5 Å². The maximum absolute atomic E-state index is 13.8. The molecule has 2 heterocycles. The molecule has 2 aromatic carbocycles. The quantitative estimate of drug-likeness (QED) is 0.247. The second kappa shape index (κ2) is 15.1. The smallest absolute Gasteiger partial charge is 0.243 e. The van der Waals surface area contributed by atoms with Gasteiger partial charge in [0.05, 0.1) is 46.6 Å². The zero-order chi connectivity index (χ0) is 31.7. The number of morpholine rings is 1. The lowest BCUT2D eigenvalue weighted by Crippen LogP contribution is -2.57. The van der Waals surface area contributed by atoms with Crippen LogP contribution in [0.15, 0.2) is 48.5 Å². The molecule has 238 valence electrons. The van der Waals surface area contributed by atoms with Gasteiger partial charge in [-0.15, -0.1) is 0 Å². The minimum absolute atomic E-state index is 0.0897. The summed E-state index contributed by atoms with van der Waals surface area (Å²) < 4.78 is 21.5. The topological polar surface area (TPSA) is 148 Å². The van der Waals surface area contributed by atoms with E-state index >= 15 is 0 Å². The molecule has 2 fully saturated rings. The van der Waals surface area contributed by atoms with Crippen LogP contribution in [0, 0.1) is 0 Å². The number of carbonyl (C=O) groups is 4. The van der Waals surface area contributed by atoms with Gasteiger partial charge in [0.25, 0.3) is 0 Å². The molecule has 0 spiro atoms. The first-order valence-corrected chi connectivity index (χ1v) is 14.7. The van der Waals surface area contributed by atoms with E-state index < -0.39 is 35.5 Å². The van der Waals surface area contributed by atoms with Crippen molar-refractivity contribution in [2.75, 3.05) is 53.7 Å². The third-order valence-corrected chi connectivity index (χ3v) is 7.78. The van der Waals surface area contributed by atoms with Crippen molar-refractivity contribution < 1.29 is 38.1 Å². The molecule has 0 radical (unpaired) electrons. The highest BCUT2D eigenvalue weighted by molar-refractivity contribution is 5.98.